The Morgan fingerprint density at radius 3 is 1.94 bits per heavy atom. The lowest BCUT2D eigenvalue weighted by Crippen LogP contribution is -2.37. The van der Waals surface area contributed by atoms with Gasteiger partial charge in [0.15, 0.2) is 0 Å². The summed E-state index contributed by atoms with van der Waals surface area (Å²) in [6, 6.07) is 5.51. The summed E-state index contributed by atoms with van der Waals surface area (Å²) in [5.74, 6) is -5.50. The number of halogens is 8. The van der Waals surface area contributed by atoms with E-state index in [2.05, 4.69) is 9.97 Å². The van der Waals surface area contributed by atoms with Gasteiger partial charge in [0.05, 0.1) is 23.2 Å². The summed E-state index contributed by atoms with van der Waals surface area (Å²) in [7, 11) is 3.29. The van der Waals surface area contributed by atoms with Crippen LogP contribution < -0.4 is 10.2 Å². The first-order valence-corrected chi connectivity index (χ1v) is 10.1. The van der Waals surface area contributed by atoms with Crippen LogP contribution in [0.15, 0.2) is 54.9 Å². The maximum Gasteiger partial charge on any atom is 0.417 e. The Labute approximate surface area is 199 Å². The van der Waals surface area contributed by atoms with Gasteiger partial charge in [0.2, 0.25) is 5.95 Å². The average Bonchev–Trinajstić information content (AvgIpc) is 2.81. The fourth-order valence-electron chi connectivity index (χ4n) is 3.29. The van der Waals surface area contributed by atoms with Crippen LogP contribution in [0.25, 0.3) is 11.1 Å². The van der Waals surface area contributed by atoms with Crippen LogP contribution in [0.5, 0.6) is 0 Å². The molecule has 1 aromatic heterocycles. The van der Waals surface area contributed by atoms with E-state index in [1.807, 2.05) is 0 Å². The van der Waals surface area contributed by atoms with Gasteiger partial charge in [-0.05, 0) is 23.8 Å². The third-order valence-corrected chi connectivity index (χ3v) is 5.04. The van der Waals surface area contributed by atoms with Crippen LogP contribution in [0.2, 0.25) is 0 Å². The van der Waals surface area contributed by atoms with Crippen molar-refractivity contribution in [2.75, 3.05) is 25.5 Å². The highest BCUT2D eigenvalue weighted by Gasteiger charge is 2.43. The van der Waals surface area contributed by atoms with Gasteiger partial charge >= 0.3 is 12.4 Å². The molecule has 3 aromatic rings. The summed E-state index contributed by atoms with van der Waals surface area (Å²) >= 11 is 0. The fourth-order valence-corrected chi connectivity index (χ4v) is 3.29. The van der Waals surface area contributed by atoms with E-state index in [1.165, 1.54) is 12.4 Å². The van der Waals surface area contributed by atoms with Crippen molar-refractivity contribution >= 4 is 11.9 Å². The van der Waals surface area contributed by atoms with Crippen LogP contribution in [0.3, 0.4) is 0 Å². The highest BCUT2D eigenvalue weighted by molar-refractivity contribution is 5.95. The van der Waals surface area contributed by atoms with Gasteiger partial charge in [-0.3, -0.25) is 4.79 Å². The highest BCUT2D eigenvalue weighted by Crippen LogP contribution is 2.41. The van der Waals surface area contributed by atoms with Gasteiger partial charge in [-0.1, -0.05) is 24.3 Å². The SMILES string of the molecule is CN(C)c1ncc(-c2ccc(C(F)(F)CNC(=O)c3ccccc3C(F)(F)F)c(C(F)(F)F)c2)cn1. The number of alkyl halides is 8. The van der Waals surface area contributed by atoms with E-state index in [4.69, 9.17) is 0 Å². The molecule has 2 aromatic carbocycles. The largest absolute Gasteiger partial charge is 0.417 e. The number of hydrogen-bond donors (Lipinski definition) is 1. The van der Waals surface area contributed by atoms with Crippen molar-refractivity contribution in [2.45, 2.75) is 18.3 Å². The Hall–Kier alpha value is -3.77. The molecule has 0 aliphatic heterocycles. The minimum atomic E-state index is -5.20. The van der Waals surface area contributed by atoms with Crippen molar-refractivity contribution in [1.82, 2.24) is 15.3 Å². The van der Waals surface area contributed by atoms with E-state index in [1.54, 1.807) is 24.3 Å². The van der Waals surface area contributed by atoms with Crippen molar-refractivity contribution < 1.29 is 39.9 Å². The number of amides is 1. The van der Waals surface area contributed by atoms with Crippen LogP contribution in [0.1, 0.15) is 27.0 Å². The number of carbonyl (C=O) groups excluding carboxylic acids is 1. The molecule has 1 N–H and O–H groups in total. The molecule has 13 heteroatoms. The minimum absolute atomic E-state index is 0.0877. The normalized spacial score (nSPS) is 12.4. The van der Waals surface area contributed by atoms with Crippen molar-refractivity contribution in [2.24, 2.45) is 0 Å². The number of anilines is 1. The van der Waals surface area contributed by atoms with E-state index in [-0.39, 0.29) is 17.1 Å². The van der Waals surface area contributed by atoms with Gasteiger partial charge in [0.1, 0.15) is 0 Å². The third-order valence-electron chi connectivity index (χ3n) is 5.04. The zero-order chi connectivity index (χ0) is 26.9. The molecule has 0 radical (unpaired) electrons. The summed E-state index contributed by atoms with van der Waals surface area (Å²) in [6.07, 6.45) is -7.68. The number of hydrogen-bond acceptors (Lipinski definition) is 4. The van der Waals surface area contributed by atoms with E-state index in [9.17, 15) is 39.9 Å². The number of benzene rings is 2. The first-order valence-electron chi connectivity index (χ1n) is 10.1. The lowest BCUT2D eigenvalue weighted by molar-refractivity contribution is -0.142. The third kappa shape index (κ3) is 5.89. The average molecular weight is 518 g/mol. The molecule has 0 unspecified atom stereocenters. The molecule has 192 valence electrons. The van der Waals surface area contributed by atoms with E-state index in [0.29, 0.717) is 18.2 Å². The molecule has 0 spiro atoms. The minimum Gasteiger partial charge on any atom is -0.347 e. The molecule has 3 rings (SSSR count). The number of rotatable bonds is 6. The Balaban J connectivity index is 1.91. The highest BCUT2D eigenvalue weighted by atomic mass is 19.4. The molecule has 0 atom stereocenters. The van der Waals surface area contributed by atoms with Gasteiger partial charge in [0.25, 0.3) is 11.8 Å². The van der Waals surface area contributed by atoms with Gasteiger partial charge in [-0.25, -0.2) is 9.97 Å². The fraction of sp³-hybridized carbons (Fsp3) is 0.261. The summed E-state index contributed by atoms with van der Waals surface area (Å²) in [6.45, 7) is -1.67. The number of carbonyl (C=O) groups is 1. The molecular formula is C23H18F8N4O. The summed E-state index contributed by atoms with van der Waals surface area (Å²) < 4.78 is 110. The van der Waals surface area contributed by atoms with Crippen LogP contribution in [0, 0.1) is 0 Å². The maximum atomic E-state index is 14.9. The predicted molar refractivity (Wildman–Crippen MR) is 114 cm³/mol. The second-order valence-corrected chi connectivity index (χ2v) is 7.85. The molecule has 1 heterocycles. The summed E-state index contributed by atoms with van der Waals surface area (Å²) in [5, 5.41) is 1.61. The van der Waals surface area contributed by atoms with Crippen LogP contribution in [-0.2, 0) is 18.3 Å². The monoisotopic (exact) mass is 518 g/mol. The van der Waals surface area contributed by atoms with Crippen LogP contribution in [-0.4, -0.2) is 36.5 Å². The molecule has 0 aliphatic rings. The second-order valence-electron chi connectivity index (χ2n) is 7.85. The molecule has 5 nitrogen and oxygen atoms in total. The summed E-state index contributed by atoms with van der Waals surface area (Å²) in [5.41, 5.74) is -5.38. The molecular weight excluding hydrogens is 500 g/mol. The molecule has 0 saturated heterocycles. The van der Waals surface area contributed by atoms with Crippen molar-refractivity contribution in [3.63, 3.8) is 0 Å². The van der Waals surface area contributed by atoms with Crippen LogP contribution >= 0.6 is 0 Å². The Morgan fingerprint density at radius 1 is 0.806 bits per heavy atom. The first-order chi connectivity index (χ1) is 16.6. The predicted octanol–water partition coefficient (Wildman–Crippen LogP) is 5.77. The van der Waals surface area contributed by atoms with E-state index < -0.39 is 53.0 Å². The summed E-state index contributed by atoms with van der Waals surface area (Å²) in [4.78, 5) is 21.7. The van der Waals surface area contributed by atoms with E-state index >= 15 is 0 Å². The zero-order valence-electron chi connectivity index (χ0n) is 18.7. The second kappa shape index (κ2) is 9.70. The lowest BCUT2D eigenvalue weighted by atomic mass is 9.96. The van der Waals surface area contributed by atoms with E-state index in [0.717, 1.165) is 24.3 Å². The molecule has 0 aliphatic carbocycles. The quantitative estimate of drug-likeness (QED) is 0.421. The Morgan fingerprint density at radius 2 is 1.39 bits per heavy atom. The molecule has 1 amide bonds. The molecule has 0 fully saturated rings. The zero-order valence-corrected chi connectivity index (χ0v) is 18.7. The number of nitrogens with one attached hydrogen (secondary N) is 1. The molecule has 0 bridgehead atoms. The maximum absolute atomic E-state index is 14.9. The van der Waals surface area contributed by atoms with Gasteiger partial charge in [-0.15, -0.1) is 0 Å². The van der Waals surface area contributed by atoms with Crippen molar-refractivity contribution in [3.05, 3.63) is 77.1 Å². The lowest BCUT2D eigenvalue weighted by Gasteiger charge is -2.23. The topological polar surface area (TPSA) is 58.1 Å². The first kappa shape index (κ1) is 26.8. The Kier molecular flexibility index (Phi) is 7.23. The van der Waals surface area contributed by atoms with Crippen molar-refractivity contribution in [1.29, 1.82) is 0 Å². The standard InChI is InChI=1S/C23H18F8N4O/c1-35(2)20-32-10-14(11-33-20)13-7-8-17(18(9-13)23(29,30)31)21(24,25)12-34-19(36)15-5-3-4-6-16(15)22(26,27)28/h3-11H,12H2,1-2H3,(H,34,36). The molecule has 36 heavy (non-hydrogen) atoms. The molecule has 0 saturated carbocycles. The van der Waals surface area contributed by atoms with Crippen LogP contribution in [0.4, 0.5) is 41.1 Å². The van der Waals surface area contributed by atoms with Gasteiger partial charge < -0.3 is 10.2 Å². The Bertz CT molecular complexity index is 1240. The number of nitrogens with zero attached hydrogens (tertiary/aromatic N) is 3. The smallest absolute Gasteiger partial charge is 0.347 e. The van der Waals surface area contributed by atoms with Gasteiger partial charge in [0, 0.05) is 37.6 Å². The van der Waals surface area contributed by atoms with Gasteiger partial charge in [-0.2, -0.15) is 35.1 Å². The number of aromatic nitrogens is 2. The van der Waals surface area contributed by atoms with Crippen molar-refractivity contribution in [3.8, 4) is 11.1 Å².